The monoisotopic (exact) mass is 605 g/mol. The molecular weight excluding hydrogens is 573 g/mol. The Morgan fingerprint density at radius 3 is 2.32 bits per heavy atom. The zero-order chi connectivity index (χ0) is 29.9. The first-order valence-electron chi connectivity index (χ1n) is 12.9. The lowest BCUT2D eigenvalue weighted by Gasteiger charge is -2.38. The number of para-hydroxylation sites is 1. The summed E-state index contributed by atoms with van der Waals surface area (Å²) in [7, 11) is -6.69. The van der Waals surface area contributed by atoms with Crippen molar-refractivity contribution in [1.29, 1.82) is 0 Å². The van der Waals surface area contributed by atoms with E-state index in [2.05, 4.69) is 4.72 Å². The van der Waals surface area contributed by atoms with E-state index in [0.717, 1.165) is 28.6 Å². The van der Waals surface area contributed by atoms with Crippen molar-refractivity contribution in [3.8, 4) is 5.75 Å². The molecule has 0 saturated heterocycles. The molecule has 0 saturated carbocycles. The van der Waals surface area contributed by atoms with Gasteiger partial charge in [0.05, 0.1) is 40.2 Å². The van der Waals surface area contributed by atoms with E-state index in [1.54, 1.807) is 32.0 Å². The van der Waals surface area contributed by atoms with Crippen LogP contribution in [0.15, 0.2) is 82.6 Å². The lowest BCUT2D eigenvalue weighted by molar-refractivity contribution is 0.0389. The fraction of sp³-hybridized carbons (Fsp3) is 0.321. The third-order valence-corrected chi connectivity index (χ3v) is 10.2. The van der Waals surface area contributed by atoms with Gasteiger partial charge in [-0.2, -0.15) is 4.31 Å². The molecule has 13 heteroatoms. The molecule has 1 aliphatic rings. The van der Waals surface area contributed by atoms with Crippen molar-refractivity contribution in [2.75, 3.05) is 31.5 Å². The van der Waals surface area contributed by atoms with E-state index in [0.29, 0.717) is 0 Å². The smallest absolute Gasteiger partial charge is 0.262 e. The minimum absolute atomic E-state index is 0.0371. The lowest BCUT2D eigenvalue weighted by Crippen LogP contribution is -2.50. The minimum atomic E-state index is -4.22. The highest BCUT2D eigenvalue weighted by atomic mass is 32.2. The van der Waals surface area contributed by atoms with Gasteiger partial charge in [0, 0.05) is 19.5 Å². The van der Waals surface area contributed by atoms with E-state index in [9.17, 15) is 31.1 Å². The van der Waals surface area contributed by atoms with Crippen LogP contribution in [0.1, 0.15) is 24.2 Å². The average Bonchev–Trinajstić information content (AvgIpc) is 2.95. The van der Waals surface area contributed by atoms with Crippen LogP contribution in [0.5, 0.6) is 5.75 Å². The number of hydrogen-bond acceptors (Lipinski definition) is 7. The van der Waals surface area contributed by atoms with Gasteiger partial charge in [-0.05, 0) is 55.5 Å². The van der Waals surface area contributed by atoms with Crippen LogP contribution < -0.4 is 9.46 Å². The molecule has 10 nitrogen and oxygen atoms in total. The number of carbonyl (C=O) groups is 1. The molecule has 1 heterocycles. The Kier molecular flexibility index (Phi) is 9.02. The van der Waals surface area contributed by atoms with Crippen LogP contribution in [0, 0.1) is 11.7 Å². The number of likely N-dealkylation sites (N-methyl/N-ethyl adjacent to an activating group) is 1. The molecule has 0 aromatic heterocycles. The molecule has 220 valence electrons. The lowest BCUT2D eigenvalue weighted by atomic mass is 9.99. The number of hydrogen-bond donors (Lipinski definition) is 2. The first kappa shape index (κ1) is 30.4. The fourth-order valence-electron chi connectivity index (χ4n) is 4.48. The van der Waals surface area contributed by atoms with Crippen molar-refractivity contribution in [3.63, 3.8) is 0 Å². The normalized spacial score (nSPS) is 18.7. The van der Waals surface area contributed by atoms with Crippen LogP contribution in [0.2, 0.25) is 0 Å². The number of carbonyl (C=O) groups excluding carboxylic acids is 1. The van der Waals surface area contributed by atoms with E-state index >= 15 is 0 Å². The predicted octanol–water partition coefficient (Wildman–Crippen LogP) is 3.17. The Morgan fingerprint density at radius 2 is 1.68 bits per heavy atom. The second kappa shape index (κ2) is 12.1. The van der Waals surface area contributed by atoms with Crippen molar-refractivity contribution in [2.45, 2.75) is 35.8 Å². The molecule has 3 atom stereocenters. The number of aliphatic hydroxyl groups is 1. The number of ether oxygens (including phenoxy) is 1. The zero-order valence-electron chi connectivity index (χ0n) is 22.8. The Labute approximate surface area is 239 Å². The molecule has 2 N–H and O–H groups in total. The van der Waals surface area contributed by atoms with Crippen LogP contribution >= 0.6 is 0 Å². The molecule has 0 bridgehead atoms. The Balaban J connectivity index is 1.76. The van der Waals surface area contributed by atoms with Gasteiger partial charge in [0.1, 0.15) is 11.9 Å². The maximum Gasteiger partial charge on any atom is 0.262 e. The molecule has 0 aliphatic carbocycles. The van der Waals surface area contributed by atoms with E-state index < -0.39 is 49.8 Å². The summed E-state index contributed by atoms with van der Waals surface area (Å²) in [5.41, 5.74) is -0.0143. The first-order chi connectivity index (χ1) is 19.3. The number of aliphatic hydroxyl groups excluding tert-OH is 1. The number of sulfonamides is 2. The quantitative estimate of drug-likeness (QED) is 0.383. The third kappa shape index (κ3) is 6.53. The minimum Gasteiger partial charge on any atom is -0.486 e. The maximum atomic E-state index is 13.6. The summed E-state index contributed by atoms with van der Waals surface area (Å²) in [6, 6.07) is 15.9. The number of amides is 1. The van der Waals surface area contributed by atoms with Gasteiger partial charge < -0.3 is 14.7 Å². The van der Waals surface area contributed by atoms with Gasteiger partial charge in [0.25, 0.3) is 15.9 Å². The standard InChI is InChI=1S/C28H32FN3O7S2/c1-19-16-32(20(2)18-33)28(34)24-10-7-11-25(30-40(35,36)22-14-12-21(29)13-15-22)27(24)39-26(19)17-31(3)41(37,38)23-8-5-4-6-9-23/h4-15,19-20,26,30,33H,16-18H2,1-3H3/t19-,20-,26-/m1/s1. The second-order valence-electron chi connectivity index (χ2n) is 9.96. The summed E-state index contributed by atoms with van der Waals surface area (Å²) < 4.78 is 76.2. The molecule has 0 fully saturated rings. The van der Waals surface area contributed by atoms with Crippen molar-refractivity contribution < 1.29 is 35.9 Å². The van der Waals surface area contributed by atoms with Crippen LogP contribution in [-0.4, -0.2) is 75.9 Å². The highest BCUT2D eigenvalue weighted by molar-refractivity contribution is 7.92. The summed E-state index contributed by atoms with van der Waals surface area (Å²) in [4.78, 5) is 15.0. The molecule has 3 aromatic carbocycles. The Bertz CT molecular complexity index is 1600. The number of nitrogens with zero attached hydrogens (tertiary/aromatic N) is 2. The molecule has 41 heavy (non-hydrogen) atoms. The third-order valence-electron chi connectivity index (χ3n) is 6.95. The number of halogens is 1. The molecule has 1 aliphatic heterocycles. The zero-order valence-corrected chi connectivity index (χ0v) is 24.4. The summed E-state index contributed by atoms with van der Waals surface area (Å²) in [6.07, 6.45) is -0.824. The molecular formula is C28H32FN3O7S2. The van der Waals surface area contributed by atoms with Gasteiger partial charge in [-0.1, -0.05) is 31.2 Å². The van der Waals surface area contributed by atoms with Crippen molar-refractivity contribution in [1.82, 2.24) is 9.21 Å². The summed E-state index contributed by atoms with van der Waals surface area (Å²) in [6.45, 7) is 3.17. The molecule has 1 amide bonds. The van der Waals surface area contributed by atoms with Crippen molar-refractivity contribution >= 4 is 31.6 Å². The topological polar surface area (TPSA) is 133 Å². The van der Waals surface area contributed by atoms with Crippen LogP contribution in [0.3, 0.4) is 0 Å². The highest BCUT2D eigenvalue weighted by Crippen LogP contribution is 2.36. The number of rotatable bonds is 9. The second-order valence-corrected chi connectivity index (χ2v) is 13.7. The van der Waals surface area contributed by atoms with E-state index in [1.165, 1.54) is 42.3 Å². The van der Waals surface area contributed by atoms with Crippen LogP contribution in [-0.2, 0) is 20.0 Å². The van der Waals surface area contributed by atoms with Crippen molar-refractivity contribution in [3.05, 3.63) is 84.2 Å². The molecule has 4 rings (SSSR count). The molecule has 0 radical (unpaired) electrons. The molecule has 0 unspecified atom stereocenters. The number of anilines is 1. The van der Waals surface area contributed by atoms with Crippen LogP contribution in [0.25, 0.3) is 0 Å². The van der Waals surface area contributed by atoms with Gasteiger partial charge in [0.15, 0.2) is 5.75 Å². The maximum absolute atomic E-state index is 13.6. The average molecular weight is 606 g/mol. The van der Waals surface area contributed by atoms with E-state index in [4.69, 9.17) is 4.74 Å². The Morgan fingerprint density at radius 1 is 1.02 bits per heavy atom. The van der Waals surface area contributed by atoms with Gasteiger partial charge >= 0.3 is 0 Å². The summed E-state index contributed by atoms with van der Waals surface area (Å²) in [5, 5.41) is 9.87. The van der Waals surface area contributed by atoms with E-state index in [-0.39, 0.29) is 46.5 Å². The number of nitrogens with one attached hydrogen (secondary N) is 1. The molecule has 3 aromatic rings. The molecule has 0 spiro atoms. The number of fused-ring (bicyclic) bond motifs is 1. The van der Waals surface area contributed by atoms with Gasteiger partial charge in [-0.25, -0.2) is 21.2 Å². The Hall–Kier alpha value is -3.52. The van der Waals surface area contributed by atoms with Gasteiger partial charge in [0.2, 0.25) is 10.0 Å². The van der Waals surface area contributed by atoms with Gasteiger partial charge in [-0.15, -0.1) is 0 Å². The van der Waals surface area contributed by atoms with Crippen molar-refractivity contribution in [2.24, 2.45) is 5.92 Å². The predicted molar refractivity (Wildman–Crippen MR) is 151 cm³/mol. The van der Waals surface area contributed by atoms with E-state index in [1.807, 2.05) is 0 Å². The largest absolute Gasteiger partial charge is 0.486 e. The van der Waals surface area contributed by atoms with Gasteiger partial charge in [-0.3, -0.25) is 9.52 Å². The SMILES string of the molecule is C[C@@H]1CN([C@H](C)CO)C(=O)c2cccc(NS(=O)(=O)c3ccc(F)cc3)c2O[C@@H]1CN(C)S(=O)(=O)c1ccccc1. The highest BCUT2D eigenvalue weighted by Gasteiger charge is 2.36. The first-order valence-corrected chi connectivity index (χ1v) is 15.8. The van der Waals surface area contributed by atoms with Crippen LogP contribution in [0.4, 0.5) is 10.1 Å². The fourth-order valence-corrected chi connectivity index (χ4v) is 6.75. The summed E-state index contributed by atoms with van der Waals surface area (Å²) in [5.74, 6) is -1.61. The number of benzene rings is 3. The summed E-state index contributed by atoms with van der Waals surface area (Å²) >= 11 is 0.